The fourth-order valence-corrected chi connectivity index (χ4v) is 1.99. The van der Waals surface area contributed by atoms with Crippen LogP contribution in [0.2, 0.25) is 0 Å². The van der Waals surface area contributed by atoms with E-state index in [9.17, 15) is 0 Å². The lowest BCUT2D eigenvalue weighted by Gasteiger charge is -2.05. The zero-order valence-electron chi connectivity index (χ0n) is 12.5. The first-order valence-electron chi connectivity index (χ1n) is 7.31. The Labute approximate surface area is 135 Å². The van der Waals surface area contributed by atoms with Crippen LogP contribution < -0.4 is 5.43 Å². The summed E-state index contributed by atoms with van der Waals surface area (Å²) in [4.78, 5) is 8.77. The average Bonchev–Trinajstić information content (AvgIpc) is 2.63. The second kappa shape index (κ2) is 7.66. The Morgan fingerprint density at radius 1 is 0.826 bits per heavy atom. The van der Waals surface area contributed by atoms with Crippen LogP contribution in [0.15, 0.2) is 95.2 Å². The van der Waals surface area contributed by atoms with Gasteiger partial charge in [0.1, 0.15) is 0 Å². The molecule has 0 radical (unpaired) electrons. The minimum Gasteiger partial charge on any atom is -0.261 e. The first-order chi connectivity index (χ1) is 11.4. The molecule has 0 amide bonds. The summed E-state index contributed by atoms with van der Waals surface area (Å²) in [6.07, 6.45) is 3.48. The first kappa shape index (κ1) is 14.7. The molecule has 0 spiro atoms. The summed E-state index contributed by atoms with van der Waals surface area (Å²) in [5.74, 6) is 1.28. The van der Waals surface area contributed by atoms with Crippen molar-refractivity contribution in [2.45, 2.75) is 0 Å². The van der Waals surface area contributed by atoms with Gasteiger partial charge in [0, 0.05) is 11.8 Å². The summed E-state index contributed by atoms with van der Waals surface area (Å²) in [6, 6.07) is 25.4. The standard InChI is InChI=1S/C19H16N4/c1-3-9-16(10-4-1)15-21-23-19(17-11-5-2-6-12-17)22-18-13-7-8-14-20-18/h1-15H,(H,20,22,23)/b21-15+. The zero-order chi connectivity index (χ0) is 15.7. The number of hydrogen-bond acceptors (Lipinski definition) is 3. The molecule has 3 aromatic rings. The molecule has 1 aromatic heterocycles. The lowest BCUT2D eigenvalue weighted by Crippen LogP contribution is -2.19. The van der Waals surface area contributed by atoms with Crippen LogP contribution in [0.25, 0.3) is 0 Å². The summed E-state index contributed by atoms with van der Waals surface area (Å²) in [5.41, 5.74) is 4.98. The van der Waals surface area contributed by atoms with E-state index in [0.29, 0.717) is 11.7 Å². The van der Waals surface area contributed by atoms with E-state index in [1.54, 1.807) is 12.4 Å². The van der Waals surface area contributed by atoms with Gasteiger partial charge in [-0.15, -0.1) is 0 Å². The van der Waals surface area contributed by atoms with Crippen LogP contribution in [0.5, 0.6) is 0 Å². The molecule has 0 bridgehead atoms. The monoisotopic (exact) mass is 300 g/mol. The molecule has 2 aromatic carbocycles. The summed E-state index contributed by atoms with van der Waals surface area (Å²) in [7, 11) is 0. The second-order valence-electron chi connectivity index (χ2n) is 4.80. The predicted molar refractivity (Wildman–Crippen MR) is 94.0 cm³/mol. The Morgan fingerprint density at radius 3 is 2.22 bits per heavy atom. The van der Waals surface area contributed by atoms with E-state index in [4.69, 9.17) is 0 Å². The molecule has 112 valence electrons. The van der Waals surface area contributed by atoms with Crippen LogP contribution in [0.3, 0.4) is 0 Å². The highest BCUT2D eigenvalue weighted by Crippen LogP contribution is 2.09. The minimum absolute atomic E-state index is 0.633. The quantitative estimate of drug-likeness (QED) is 0.453. The average molecular weight is 300 g/mol. The SMILES string of the molecule is C(=N\N/C(=N\c1ccccn1)c1ccccc1)/c1ccccc1. The molecule has 1 N–H and O–H groups in total. The Morgan fingerprint density at radius 2 is 1.52 bits per heavy atom. The maximum Gasteiger partial charge on any atom is 0.155 e. The highest BCUT2D eigenvalue weighted by atomic mass is 15.3. The number of nitrogens with zero attached hydrogens (tertiary/aromatic N) is 3. The Balaban J connectivity index is 1.84. The Hall–Kier alpha value is -3.27. The van der Waals surface area contributed by atoms with Crippen molar-refractivity contribution in [1.82, 2.24) is 10.4 Å². The minimum atomic E-state index is 0.633. The lowest BCUT2D eigenvalue weighted by atomic mass is 10.2. The molecular weight excluding hydrogens is 284 g/mol. The van der Waals surface area contributed by atoms with Crippen molar-refractivity contribution in [1.29, 1.82) is 0 Å². The van der Waals surface area contributed by atoms with E-state index < -0.39 is 0 Å². The number of aliphatic imine (C=N–C) groups is 1. The predicted octanol–water partition coefficient (Wildman–Crippen LogP) is 3.78. The Kier molecular flexibility index (Phi) is 4.88. The van der Waals surface area contributed by atoms with Crippen LogP contribution in [-0.4, -0.2) is 17.0 Å². The van der Waals surface area contributed by atoms with Gasteiger partial charge in [-0.1, -0.05) is 66.7 Å². The van der Waals surface area contributed by atoms with E-state index in [1.807, 2.05) is 78.9 Å². The maximum atomic E-state index is 4.54. The van der Waals surface area contributed by atoms with Crippen molar-refractivity contribution in [3.8, 4) is 0 Å². The lowest BCUT2D eigenvalue weighted by molar-refractivity contribution is 1.03. The summed E-state index contributed by atoms with van der Waals surface area (Å²) < 4.78 is 0. The molecule has 0 fully saturated rings. The summed E-state index contributed by atoms with van der Waals surface area (Å²) in [6.45, 7) is 0. The van der Waals surface area contributed by atoms with Gasteiger partial charge >= 0.3 is 0 Å². The van der Waals surface area contributed by atoms with E-state index in [0.717, 1.165) is 11.1 Å². The molecule has 3 rings (SSSR count). The van der Waals surface area contributed by atoms with Gasteiger partial charge in [-0.2, -0.15) is 5.10 Å². The van der Waals surface area contributed by atoms with E-state index in [-0.39, 0.29) is 0 Å². The molecule has 23 heavy (non-hydrogen) atoms. The van der Waals surface area contributed by atoms with Crippen molar-refractivity contribution in [2.75, 3.05) is 0 Å². The smallest absolute Gasteiger partial charge is 0.155 e. The van der Waals surface area contributed by atoms with Gasteiger partial charge in [0.25, 0.3) is 0 Å². The third kappa shape index (κ3) is 4.35. The number of nitrogens with one attached hydrogen (secondary N) is 1. The summed E-state index contributed by atoms with van der Waals surface area (Å²) in [5, 5.41) is 4.28. The first-order valence-corrected chi connectivity index (χ1v) is 7.31. The van der Waals surface area contributed by atoms with Crippen LogP contribution in [0.4, 0.5) is 5.82 Å². The van der Waals surface area contributed by atoms with Gasteiger partial charge in [-0.05, 0) is 17.7 Å². The van der Waals surface area contributed by atoms with Crippen molar-refractivity contribution in [2.24, 2.45) is 10.1 Å². The highest BCUT2D eigenvalue weighted by Gasteiger charge is 2.02. The number of pyridine rings is 1. The van der Waals surface area contributed by atoms with E-state index in [1.165, 1.54) is 0 Å². The number of hydrazone groups is 1. The molecule has 1 heterocycles. The van der Waals surface area contributed by atoms with Gasteiger partial charge in [-0.3, -0.25) is 5.43 Å². The molecule has 0 unspecified atom stereocenters. The number of amidine groups is 1. The van der Waals surface area contributed by atoms with Gasteiger partial charge in [0.2, 0.25) is 0 Å². The van der Waals surface area contributed by atoms with Crippen molar-refractivity contribution in [3.63, 3.8) is 0 Å². The van der Waals surface area contributed by atoms with Gasteiger partial charge in [0.05, 0.1) is 6.21 Å². The normalized spacial score (nSPS) is 11.6. The van der Waals surface area contributed by atoms with Gasteiger partial charge in [-0.25, -0.2) is 9.98 Å². The third-order valence-electron chi connectivity index (χ3n) is 3.11. The topological polar surface area (TPSA) is 49.6 Å². The molecule has 0 saturated heterocycles. The van der Waals surface area contributed by atoms with Crippen molar-refractivity contribution >= 4 is 17.9 Å². The number of rotatable bonds is 4. The molecule has 0 aliphatic heterocycles. The van der Waals surface area contributed by atoms with Gasteiger partial charge < -0.3 is 0 Å². The fourth-order valence-electron chi connectivity index (χ4n) is 1.99. The van der Waals surface area contributed by atoms with Crippen LogP contribution >= 0.6 is 0 Å². The van der Waals surface area contributed by atoms with Crippen molar-refractivity contribution < 1.29 is 0 Å². The summed E-state index contributed by atoms with van der Waals surface area (Å²) >= 11 is 0. The molecule has 4 heteroatoms. The van der Waals surface area contributed by atoms with E-state index in [2.05, 4.69) is 20.5 Å². The van der Waals surface area contributed by atoms with Crippen LogP contribution in [0.1, 0.15) is 11.1 Å². The van der Waals surface area contributed by atoms with Crippen LogP contribution in [0, 0.1) is 0 Å². The van der Waals surface area contributed by atoms with Crippen LogP contribution in [-0.2, 0) is 0 Å². The number of hydrogen-bond donors (Lipinski definition) is 1. The largest absolute Gasteiger partial charge is 0.261 e. The molecular formula is C19H16N4. The second-order valence-corrected chi connectivity index (χ2v) is 4.80. The highest BCUT2D eigenvalue weighted by molar-refractivity contribution is 6.00. The number of benzene rings is 2. The Bertz CT molecular complexity index is 781. The zero-order valence-corrected chi connectivity index (χ0v) is 12.5. The number of aromatic nitrogens is 1. The third-order valence-corrected chi connectivity index (χ3v) is 3.11. The molecule has 0 aliphatic carbocycles. The maximum absolute atomic E-state index is 4.54. The molecule has 0 atom stereocenters. The van der Waals surface area contributed by atoms with Crippen molar-refractivity contribution in [3.05, 3.63) is 96.2 Å². The molecule has 4 nitrogen and oxygen atoms in total. The molecule has 0 aliphatic rings. The van der Waals surface area contributed by atoms with E-state index >= 15 is 0 Å². The fraction of sp³-hybridized carbons (Fsp3) is 0. The molecule has 0 saturated carbocycles. The van der Waals surface area contributed by atoms with Gasteiger partial charge in [0.15, 0.2) is 11.7 Å².